The van der Waals surface area contributed by atoms with Crippen molar-refractivity contribution in [3.63, 3.8) is 0 Å². The highest BCUT2D eigenvalue weighted by Gasteiger charge is 2.23. The summed E-state index contributed by atoms with van der Waals surface area (Å²) in [6.07, 6.45) is 0. The number of nitrogens with one attached hydrogen (secondary N) is 1. The number of hydrogen-bond donors (Lipinski definition) is 1. The van der Waals surface area contributed by atoms with Crippen molar-refractivity contribution in [2.24, 2.45) is 0 Å². The summed E-state index contributed by atoms with van der Waals surface area (Å²) in [5.74, 6) is 0.0655. The fraction of sp³-hybridized carbons (Fsp3) is 0.533. The third kappa shape index (κ3) is 4.04. The van der Waals surface area contributed by atoms with E-state index in [0.717, 1.165) is 31.9 Å². The Morgan fingerprint density at radius 3 is 2.53 bits per heavy atom. The number of nitrogens with zero attached hydrogens (tertiary/aromatic N) is 1. The molecular weight excluding hydrogens is 240 g/mol. The van der Waals surface area contributed by atoms with E-state index in [2.05, 4.69) is 10.2 Å². The van der Waals surface area contributed by atoms with Crippen LogP contribution in [0.25, 0.3) is 0 Å². The Balaban J connectivity index is 1.90. The largest absolute Gasteiger partial charge is 0.379 e. The normalized spacial score (nSPS) is 17.2. The summed E-state index contributed by atoms with van der Waals surface area (Å²) in [7, 11) is 0. The molecule has 0 atom stereocenters. The predicted octanol–water partition coefficient (Wildman–Crippen LogP) is 1.37. The van der Waals surface area contributed by atoms with Crippen molar-refractivity contribution in [1.29, 1.82) is 0 Å². The van der Waals surface area contributed by atoms with E-state index in [9.17, 15) is 4.79 Å². The number of ether oxygens (including phenoxy) is 1. The minimum absolute atomic E-state index is 0.0655. The van der Waals surface area contributed by atoms with Crippen LogP contribution in [0.2, 0.25) is 0 Å². The number of carbonyl (C=O) groups is 1. The van der Waals surface area contributed by atoms with Crippen molar-refractivity contribution in [3.8, 4) is 0 Å². The molecule has 0 bridgehead atoms. The number of carbonyl (C=O) groups excluding carboxylic acids is 1. The zero-order chi connectivity index (χ0) is 13.7. The molecule has 19 heavy (non-hydrogen) atoms. The predicted molar refractivity (Wildman–Crippen MR) is 74.9 cm³/mol. The van der Waals surface area contributed by atoms with Crippen LogP contribution in [0.1, 0.15) is 19.4 Å². The summed E-state index contributed by atoms with van der Waals surface area (Å²) in [5.41, 5.74) is 0.773. The maximum absolute atomic E-state index is 12.1. The van der Waals surface area contributed by atoms with Gasteiger partial charge in [0.25, 0.3) is 0 Å². The lowest BCUT2D eigenvalue weighted by atomic mass is 9.94. The molecule has 0 aliphatic carbocycles. The third-order valence-corrected chi connectivity index (χ3v) is 3.42. The SMILES string of the molecule is CC(C)(NC(=O)CN1CCOCC1)c1ccccc1. The number of morpholine rings is 1. The molecule has 1 aromatic rings. The van der Waals surface area contributed by atoms with E-state index >= 15 is 0 Å². The van der Waals surface area contributed by atoms with Gasteiger partial charge in [-0.2, -0.15) is 0 Å². The first-order chi connectivity index (χ1) is 9.08. The summed E-state index contributed by atoms with van der Waals surface area (Å²) in [5, 5.41) is 3.10. The Kier molecular flexibility index (Phi) is 4.56. The molecule has 1 fully saturated rings. The molecule has 1 aliphatic rings. The van der Waals surface area contributed by atoms with E-state index in [4.69, 9.17) is 4.74 Å². The standard InChI is InChI=1S/C15H22N2O2/c1-15(2,13-6-4-3-5-7-13)16-14(18)12-17-8-10-19-11-9-17/h3-7H,8-12H2,1-2H3,(H,16,18). The second-order valence-electron chi connectivity index (χ2n) is 5.43. The Labute approximate surface area is 114 Å². The fourth-order valence-electron chi connectivity index (χ4n) is 2.28. The molecular formula is C15H22N2O2. The quantitative estimate of drug-likeness (QED) is 0.891. The van der Waals surface area contributed by atoms with Crippen LogP contribution in [-0.2, 0) is 15.1 Å². The van der Waals surface area contributed by atoms with Crippen LogP contribution < -0.4 is 5.32 Å². The van der Waals surface area contributed by atoms with Gasteiger partial charge in [0.2, 0.25) is 5.91 Å². The summed E-state index contributed by atoms with van der Waals surface area (Å²) in [6, 6.07) is 10.0. The van der Waals surface area contributed by atoms with Crippen LogP contribution in [0, 0.1) is 0 Å². The zero-order valence-electron chi connectivity index (χ0n) is 11.7. The molecule has 1 N–H and O–H groups in total. The van der Waals surface area contributed by atoms with Gasteiger partial charge in [0.15, 0.2) is 0 Å². The van der Waals surface area contributed by atoms with Gasteiger partial charge >= 0.3 is 0 Å². The number of benzene rings is 1. The Morgan fingerprint density at radius 2 is 1.89 bits per heavy atom. The molecule has 4 nitrogen and oxygen atoms in total. The molecule has 1 amide bonds. The van der Waals surface area contributed by atoms with Gasteiger partial charge in [0, 0.05) is 13.1 Å². The molecule has 4 heteroatoms. The second-order valence-corrected chi connectivity index (χ2v) is 5.43. The van der Waals surface area contributed by atoms with Gasteiger partial charge in [-0.25, -0.2) is 0 Å². The van der Waals surface area contributed by atoms with Crippen molar-refractivity contribution in [1.82, 2.24) is 10.2 Å². The van der Waals surface area contributed by atoms with E-state index < -0.39 is 0 Å². The van der Waals surface area contributed by atoms with Crippen LogP contribution >= 0.6 is 0 Å². The molecule has 0 spiro atoms. The first kappa shape index (κ1) is 14.0. The number of rotatable bonds is 4. The molecule has 0 radical (unpaired) electrons. The molecule has 104 valence electrons. The van der Waals surface area contributed by atoms with Crippen molar-refractivity contribution < 1.29 is 9.53 Å². The van der Waals surface area contributed by atoms with E-state index in [1.165, 1.54) is 0 Å². The molecule has 1 aliphatic heterocycles. The lowest BCUT2D eigenvalue weighted by Gasteiger charge is -2.30. The van der Waals surface area contributed by atoms with Crippen molar-refractivity contribution in [3.05, 3.63) is 35.9 Å². The first-order valence-corrected chi connectivity index (χ1v) is 6.74. The molecule has 1 saturated heterocycles. The summed E-state index contributed by atoms with van der Waals surface area (Å²) < 4.78 is 5.28. The van der Waals surface area contributed by atoms with Crippen LogP contribution in [0.5, 0.6) is 0 Å². The van der Waals surface area contributed by atoms with Gasteiger partial charge in [-0.15, -0.1) is 0 Å². The van der Waals surface area contributed by atoms with E-state index in [0.29, 0.717) is 6.54 Å². The van der Waals surface area contributed by atoms with Crippen molar-refractivity contribution in [2.75, 3.05) is 32.8 Å². The van der Waals surface area contributed by atoms with Crippen LogP contribution in [0.4, 0.5) is 0 Å². The molecule has 2 rings (SSSR count). The van der Waals surface area contributed by atoms with Crippen molar-refractivity contribution >= 4 is 5.91 Å². The van der Waals surface area contributed by atoms with Gasteiger partial charge in [-0.05, 0) is 19.4 Å². The van der Waals surface area contributed by atoms with Crippen molar-refractivity contribution in [2.45, 2.75) is 19.4 Å². The first-order valence-electron chi connectivity index (χ1n) is 6.74. The monoisotopic (exact) mass is 262 g/mol. The maximum atomic E-state index is 12.1. The average molecular weight is 262 g/mol. The maximum Gasteiger partial charge on any atom is 0.234 e. The van der Waals surface area contributed by atoms with E-state index in [-0.39, 0.29) is 11.4 Å². The topological polar surface area (TPSA) is 41.6 Å². The number of hydrogen-bond acceptors (Lipinski definition) is 3. The van der Waals surface area contributed by atoms with E-state index in [1.54, 1.807) is 0 Å². The zero-order valence-corrected chi connectivity index (χ0v) is 11.7. The highest BCUT2D eigenvalue weighted by atomic mass is 16.5. The fourth-order valence-corrected chi connectivity index (χ4v) is 2.28. The molecule has 0 unspecified atom stereocenters. The minimum atomic E-state index is -0.343. The second kappa shape index (κ2) is 6.17. The number of amides is 1. The van der Waals surface area contributed by atoms with Crippen LogP contribution in [-0.4, -0.2) is 43.7 Å². The molecule has 1 aromatic carbocycles. The molecule has 0 saturated carbocycles. The molecule has 0 aromatic heterocycles. The summed E-state index contributed by atoms with van der Waals surface area (Å²) >= 11 is 0. The minimum Gasteiger partial charge on any atom is -0.379 e. The highest BCUT2D eigenvalue weighted by molar-refractivity contribution is 5.79. The Hall–Kier alpha value is -1.39. The lowest BCUT2D eigenvalue weighted by molar-refractivity contribution is -0.124. The smallest absolute Gasteiger partial charge is 0.234 e. The Morgan fingerprint density at radius 1 is 1.26 bits per heavy atom. The van der Waals surface area contributed by atoms with Crippen LogP contribution in [0.15, 0.2) is 30.3 Å². The van der Waals surface area contributed by atoms with Gasteiger partial charge in [0.05, 0.1) is 25.3 Å². The summed E-state index contributed by atoms with van der Waals surface area (Å²) in [4.78, 5) is 14.2. The average Bonchev–Trinajstić information content (AvgIpc) is 2.40. The van der Waals surface area contributed by atoms with Gasteiger partial charge < -0.3 is 10.1 Å². The van der Waals surface area contributed by atoms with Gasteiger partial charge in [-0.3, -0.25) is 9.69 Å². The van der Waals surface area contributed by atoms with E-state index in [1.807, 2.05) is 44.2 Å². The van der Waals surface area contributed by atoms with Gasteiger partial charge in [-0.1, -0.05) is 30.3 Å². The molecule has 1 heterocycles. The highest BCUT2D eigenvalue weighted by Crippen LogP contribution is 2.19. The summed E-state index contributed by atoms with van der Waals surface area (Å²) in [6.45, 7) is 7.60. The van der Waals surface area contributed by atoms with Crippen LogP contribution in [0.3, 0.4) is 0 Å². The van der Waals surface area contributed by atoms with Gasteiger partial charge in [0.1, 0.15) is 0 Å². The third-order valence-electron chi connectivity index (χ3n) is 3.42. The lowest BCUT2D eigenvalue weighted by Crippen LogP contribution is -2.48. The Bertz CT molecular complexity index is 411.